The molecule has 1 spiro atoms. The largest absolute Gasteiger partial charge is 0.383 e. The average Bonchev–Trinajstić information content (AvgIpc) is 3.11. The third-order valence-corrected chi connectivity index (χ3v) is 5.41. The van der Waals surface area contributed by atoms with Crippen LogP contribution >= 0.6 is 11.3 Å². The number of carbonyl (C=O) groups is 1. The van der Waals surface area contributed by atoms with Crippen molar-refractivity contribution >= 4 is 28.8 Å². The number of fused-ring (bicyclic) bond motifs is 1. The minimum absolute atomic E-state index is 0.00266. The predicted octanol–water partition coefficient (Wildman–Crippen LogP) is 2.46. The highest BCUT2D eigenvalue weighted by Gasteiger charge is 2.47. The Kier molecular flexibility index (Phi) is 3.53. The van der Waals surface area contributed by atoms with Crippen molar-refractivity contribution in [1.82, 2.24) is 4.90 Å². The fourth-order valence-electron chi connectivity index (χ4n) is 3.26. The topological polar surface area (TPSA) is 70.7 Å². The second-order valence-electron chi connectivity index (χ2n) is 6.04. The molecule has 5 nitrogen and oxygen atoms in total. The maximum Gasteiger partial charge on any atom is 0.264 e. The molecule has 124 valence electrons. The Hall–Kier alpha value is -2.41. The molecule has 7 heteroatoms. The number of thiophene rings is 1. The molecule has 0 aliphatic carbocycles. The molecule has 3 heterocycles. The van der Waals surface area contributed by atoms with E-state index in [2.05, 4.69) is 10.3 Å². The van der Waals surface area contributed by atoms with Crippen LogP contribution in [0.15, 0.2) is 46.8 Å². The number of nitrogens with zero attached hydrogens (tertiary/aromatic N) is 2. The number of hydrogen-bond acceptors (Lipinski definition) is 5. The average molecular weight is 344 g/mol. The van der Waals surface area contributed by atoms with E-state index in [0.29, 0.717) is 23.7 Å². The van der Waals surface area contributed by atoms with Crippen LogP contribution in [0.2, 0.25) is 0 Å². The molecule has 1 aromatic carbocycles. The number of piperidine rings is 1. The second kappa shape index (κ2) is 5.59. The number of alkyl halides is 1. The van der Waals surface area contributed by atoms with Gasteiger partial charge in [-0.3, -0.25) is 4.79 Å². The van der Waals surface area contributed by atoms with Gasteiger partial charge in [0.05, 0.1) is 11.4 Å². The summed E-state index contributed by atoms with van der Waals surface area (Å²) < 4.78 is 15.0. The minimum atomic E-state index is -1.33. The molecule has 2 atom stereocenters. The predicted molar refractivity (Wildman–Crippen MR) is 93.3 cm³/mol. The van der Waals surface area contributed by atoms with E-state index >= 15 is 4.39 Å². The van der Waals surface area contributed by atoms with Gasteiger partial charge in [0.1, 0.15) is 5.84 Å². The van der Waals surface area contributed by atoms with Crippen molar-refractivity contribution in [2.75, 3.05) is 18.4 Å². The van der Waals surface area contributed by atoms with E-state index in [1.807, 2.05) is 35.7 Å². The lowest BCUT2D eigenvalue weighted by Gasteiger charge is -2.44. The van der Waals surface area contributed by atoms with Crippen LogP contribution in [0.5, 0.6) is 0 Å². The summed E-state index contributed by atoms with van der Waals surface area (Å²) in [5.41, 5.74) is 6.53. The Morgan fingerprint density at radius 2 is 2.21 bits per heavy atom. The van der Waals surface area contributed by atoms with Crippen LogP contribution in [0.25, 0.3) is 0 Å². The van der Waals surface area contributed by atoms with Crippen molar-refractivity contribution in [3.63, 3.8) is 0 Å². The van der Waals surface area contributed by atoms with Crippen molar-refractivity contribution < 1.29 is 9.18 Å². The summed E-state index contributed by atoms with van der Waals surface area (Å²) in [5, 5.41) is 5.05. The Labute approximate surface area is 143 Å². The SMILES string of the molecule is NC1=NC2(CCN(C(=O)c3cccs3)CC2F)Nc2ccccc21. The molecule has 0 radical (unpaired) electrons. The van der Waals surface area contributed by atoms with Gasteiger partial charge in [-0.25, -0.2) is 9.38 Å². The number of amides is 1. The van der Waals surface area contributed by atoms with Crippen LogP contribution < -0.4 is 11.1 Å². The molecule has 1 fully saturated rings. The maximum absolute atomic E-state index is 15.0. The van der Waals surface area contributed by atoms with Crippen molar-refractivity contribution in [2.45, 2.75) is 18.3 Å². The second-order valence-corrected chi connectivity index (χ2v) is 6.99. The normalized spacial score (nSPS) is 25.8. The zero-order chi connectivity index (χ0) is 16.7. The van der Waals surface area contributed by atoms with E-state index < -0.39 is 11.8 Å². The zero-order valence-corrected chi connectivity index (χ0v) is 13.7. The number of nitrogens with two attached hydrogens (primary N) is 1. The number of halogens is 1. The molecule has 0 bridgehead atoms. The molecule has 0 saturated carbocycles. The molecule has 2 unspecified atom stereocenters. The molecule has 2 aliphatic rings. The highest BCUT2D eigenvalue weighted by Crippen LogP contribution is 2.36. The number of benzene rings is 1. The molecular weight excluding hydrogens is 327 g/mol. The number of nitrogens with one attached hydrogen (secondary N) is 1. The molecular formula is C17H17FN4OS. The van der Waals surface area contributed by atoms with Gasteiger partial charge in [-0.05, 0) is 23.6 Å². The summed E-state index contributed by atoms with van der Waals surface area (Å²) in [4.78, 5) is 19.0. The molecule has 2 aliphatic heterocycles. The van der Waals surface area contributed by atoms with E-state index in [0.717, 1.165) is 11.3 Å². The van der Waals surface area contributed by atoms with Crippen LogP contribution in [-0.2, 0) is 0 Å². The molecule has 1 amide bonds. The lowest BCUT2D eigenvalue weighted by molar-refractivity contribution is 0.0499. The first-order valence-electron chi connectivity index (χ1n) is 7.79. The quantitative estimate of drug-likeness (QED) is 0.835. The highest BCUT2D eigenvalue weighted by molar-refractivity contribution is 7.12. The molecule has 2 aromatic rings. The smallest absolute Gasteiger partial charge is 0.264 e. The number of para-hydroxylation sites is 1. The van der Waals surface area contributed by atoms with E-state index in [1.54, 1.807) is 11.0 Å². The first-order chi connectivity index (χ1) is 11.6. The van der Waals surface area contributed by atoms with Gasteiger partial charge in [0.2, 0.25) is 0 Å². The minimum Gasteiger partial charge on any atom is -0.383 e. The summed E-state index contributed by atoms with van der Waals surface area (Å²) in [6, 6.07) is 11.1. The van der Waals surface area contributed by atoms with E-state index in [9.17, 15) is 4.79 Å². The lowest BCUT2D eigenvalue weighted by atomic mass is 9.92. The van der Waals surface area contributed by atoms with Crippen molar-refractivity contribution in [3.05, 3.63) is 52.2 Å². The first-order valence-corrected chi connectivity index (χ1v) is 8.67. The Balaban J connectivity index is 1.58. The summed E-state index contributed by atoms with van der Waals surface area (Å²) in [6.07, 6.45) is -0.956. The monoisotopic (exact) mass is 344 g/mol. The Morgan fingerprint density at radius 1 is 1.38 bits per heavy atom. The van der Waals surface area contributed by atoms with E-state index in [1.165, 1.54) is 11.3 Å². The molecule has 1 saturated heterocycles. The van der Waals surface area contributed by atoms with Crippen LogP contribution in [0.1, 0.15) is 21.7 Å². The van der Waals surface area contributed by atoms with Crippen molar-refractivity contribution in [3.8, 4) is 0 Å². The number of amidine groups is 1. The van der Waals surface area contributed by atoms with Crippen molar-refractivity contribution in [2.24, 2.45) is 10.7 Å². The summed E-state index contributed by atoms with van der Waals surface area (Å²) in [6.45, 7) is 0.436. The van der Waals surface area contributed by atoms with Gasteiger partial charge < -0.3 is 16.0 Å². The number of hydrogen-bond donors (Lipinski definition) is 2. The lowest BCUT2D eigenvalue weighted by Crippen LogP contribution is -2.59. The third-order valence-electron chi connectivity index (χ3n) is 4.56. The van der Waals surface area contributed by atoms with E-state index in [-0.39, 0.29) is 12.5 Å². The summed E-state index contributed by atoms with van der Waals surface area (Å²) >= 11 is 1.37. The van der Waals surface area contributed by atoms with Crippen LogP contribution in [0, 0.1) is 0 Å². The molecule has 4 rings (SSSR count). The van der Waals surface area contributed by atoms with Gasteiger partial charge >= 0.3 is 0 Å². The number of anilines is 1. The Bertz CT molecular complexity index is 807. The van der Waals surface area contributed by atoms with Crippen LogP contribution in [-0.4, -0.2) is 41.6 Å². The highest BCUT2D eigenvalue weighted by atomic mass is 32.1. The number of carbonyl (C=O) groups excluding carboxylic acids is 1. The number of rotatable bonds is 1. The van der Waals surface area contributed by atoms with Crippen molar-refractivity contribution in [1.29, 1.82) is 0 Å². The van der Waals surface area contributed by atoms with Crippen LogP contribution in [0.4, 0.5) is 10.1 Å². The number of aliphatic imine (C=N–C) groups is 1. The third kappa shape index (κ3) is 2.36. The summed E-state index contributed by atoms with van der Waals surface area (Å²) in [5.74, 6) is 0.209. The van der Waals surface area contributed by atoms with Gasteiger partial charge in [0, 0.05) is 24.2 Å². The standard InChI is InChI=1S/C17H17FN4OS/c18-14-10-22(16(23)13-6-3-9-24-13)8-7-17(14)20-12-5-2-1-4-11(12)15(19)21-17/h1-6,9,14,20H,7-8,10H2,(H2,19,21). The van der Waals surface area contributed by atoms with Crippen LogP contribution in [0.3, 0.4) is 0 Å². The van der Waals surface area contributed by atoms with E-state index in [4.69, 9.17) is 5.73 Å². The maximum atomic E-state index is 15.0. The van der Waals surface area contributed by atoms with Gasteiger partial charge in [-0.2, -0.15) is 0 Å². The Morgan fingerprint density at radius 3 is 2.96 bits per heavy atom. The fraction of sp³-hybridized carbons (Fsp3) is 0.294. The molecule has 24 heavy (non-hydrogen) atoms. The fourth-order valence-corrected chi connectivity index (χ4v) is 3.95. The zero-order valence-electron chi connectivity index (χ0n) is 12.9. The number of likely N-dealkylation sites (tertiary alicyclic amines) is 1. The van der Waals surface area contributed by atoms with Gasteiger partial charge in [0.25, 0.3) is 5.91 Å². The van der Waals surface area contributed by atoms with Gasteiger partial charge in [-0.15, -0.1) is 11.3 Å². The summed E-state index contributed by atoms with van der Waals surface area (Å²) in [7, 11) is 0. The molecule has 3 N–H and O–H groups in total. The van der Waals surface area contributed by atoms with Gasteiger partial charge in [0.15, 0.2) is 11.8 Å². The first kappa shape index (κ1) is 15.1. The molecule has 1 aromatic heterocycles. The van der Waals surface area contributed by atoms with Gasteiger partial charge in [-0.1, -0.05) is 18.2 Å².